The van der Waals surface area contributed by atoms with Gasteiger partial charge in [0.25, 0.3) is 0 Å². The molecule has 0 N–H and O–H groups in total. The molecule has 0 radical (unpaired) electrons. The number of oxazole rings is 1. The summed E-state index contributed by atoms with van der Waals surface area (Å²) in [7, 11) is 0. The standard InChI is InChI=1S/C31H29NO5/c1-2-34-27(33)20-35-25-15-9-10-21(19-25)18-24-16-17-26-31(24,37-26)30-32-28(22-11-5-3-6-12-22)29(36-30)23-13-7-4-8-14-23/h3-15,19,24,26H,2,16-18,20H2,1H3/t24-,26?,31?/m0/s1. The molecule has 1 aliphatic carbocycles. The SMILES string of the molecule is CCOC(=O)COc1cccc(C[C@@H]2CCC3OC32c2nc(-c3ccccc3)c(-c3ccccc3)o2)c1. The highest BCUT2D eigenvalue weighted by atomic mass is 16.6. The van der Waals surface area contributed by atoms with Crippen LogP contribution < -0.4 is 4.74 Å². The lowest BCUT2D eigenvalue weighted by Gasteiger charge is -2.18. The number of benzene rings is 3. The van der Waals surface area contributed by atoms with Gasteiger partial charge in [-0.1, -0.05) is 72.8 Å². The molecular formula is C31H29NO5. The molecule has 3 atom stereocenters. The number of fused-ring (bicyclic) bond motifs is 1. The summed E-state index contributed by atoms with van der Waals surface area (Å²) in [6.45, 7) is 2.02. The molecule has 1 aliphatic heterocycles. The summed E-state index contributed by atoms with van der Waals surface area (Å²) in [6, 6.07) is 28.2. The molecule has 6 nitrogen and oxygen atoms in total. The topological polar surface area (TPSA) is 74.1 Å². The van der Waals surface area contributed by atoms with Crippen LogP contribution in [-0.2, 0) is 26.3 Å². The van der Waals surface area contributed by atoms with Crippen LogP contribution in [0.1, 0.15) is 31.2 Å². The van der Waals surface area contributed by atoms with Crippen molar-refractivity contribution in [1.29, 1.82) is 0 Å². The number of esters is 1. The van der Waals surface area contributed by atoms with Gasteiger partial charge in [-0.2, -0.15) is 0 Å². The third kappa shape index (κ3) is 4.53. The minimum absolute atomic E-state index is 0.101. The fourth-order valence-electron chi connectivity index (χ4n) is 5.47. The summed E-state index contributed by atoms with van der Waals surface area (Å²) in [6.07, 6.45) is 2.93. The molecule has 37 heavy (non-hydrogen) atoms. The van der Waals surface area contributed by atoms with Crippen molar-refractivity contribution in [2.75, 3.05) is 13.2 Å². The summed E-state index contributed by atoms with van der Waals surface area (Å²) in [5, 5.41) is 0. The predicted octanol–water partition coefficient (Wildman–Crippen LogP) is 6.20. The highest BCUT2D eigenvalue weighted by Gasteiger charge is 2.69. The van der Waals surface area contributed by atoms with Crippen LogP contribution in [0.25, 0.3) is 22.6 Å². The number of hydrogen-bond acceptors (Lipinski definition) is 6. The van der Waals surface area contributed by atoms with E-state index >= 15 is 0 Å². The molecule has 2 fully saturated rings. The highest BCUT2D eigenvalue weighted by Crippen LogP contribution is 2.62. The Morgan fingerprint density at radius 2 is 1.73 bits per heavy atom. The molecule has 2 heterocycles. The maximum absolute atomic E-state index is 11.7. The number of nitrogens with zero attached hydrogens (tertiary/aromatic N) is 1. The number of carbonyl (C=O) groups is 1. The van der Waals surface area contributed by atoms with Crippen molar-refractivity contribution in [3.05, 3.63) is 96.4 Å². The van der Waals surface area contributed by atoms with Crippen LogP contribution in [-0.4, -0.2) is 30.3 Å². The molecule has 3 aromatic carbocycles. The fourth-order valence-corrected chi connectivity index (χ4v) is 5.47. The van der Waals surface area contributed by atoms with Gasteiger partial charge >= 0.3 is 5.97 Å². The average molecular weight is 496 g/mol. The first-order chi connectivity index (χ1) is 18.2. The number of carbonyl (C=O) groups excluding carboxylic acids is 1. The average Bonchev–Trinajstić information content (AvgIpc) is 3.32. The van der Waals surface area contributed by atoms with E-state index in [0.29, 0.717) is 18.2 Å². The Kier molecular flexibility index (Phi) is 6.26. The van der Waals surface area contributed by atoms with E-state index in [1.807, 2.05) is 66.7 Å². The molecule has 2 aliphatic rings. The van der Waals surface area contributed by atoms with Crippen LogP contribution in [0.3, 0.4) is 0 Å². The van der Waals surface area contributed by atoms with Gasteiger partial charge in [-0.3, -0.25) is 0 Å². The first-order valence-corrected chi connectivity index (χ1v) is 12.8. The minimum atomic E-state index is -0.516. The molecular weight excluding hydrogens is 466 g/mol. The van der Waals surface area contributed by atoms with Gasteiger partial charge in [-0.25, -0.2) is 9.78 Å². The zero-order valence-electron chi connectivity index (χ0n) is 20.8. The zero-order chi connectivity index (χ0) is 25.2. The lowest BCUT2D eigenvalue weighted by molar-refractivity contribution is -0.145. The quantitative estimate of drug-likeness (QED) is 0.203. The van der Waals surface area contributed by atoms with Gasteiger partial charge in [0, 0.05) is 17.0 Å². The van der Waals surface area contributed by atoms with Crippen molar-refractivity contribution in [1.82, 2.24) is 4.98 Å². The Morgan fingerprint density at radius 1 is 0.973 bits per heavy atom. The van der Waals surface area contributed by atoms with Crippen LogP contribution >= 0.6 is 0 Å². The zero-order valence-corrected chi connectivity index (χ0v) is 20.8. The Morgan fingerprint density at radius 3 is 2.46 bits per heavy atom. The highest BCUT2D eigenvalue weighted by molar-refractivity contribution is 5.77. The van der Waals surface area contributed by atoms with Crippen molar-refractivity contribution in [2.24, 2.45) is 5.92 Å². The van der Waals surface area contributed by atoms with E-state index in [1.54, 1.807) is 6.92 Å². The molecule has 188 valence electrons. The second-order valence-corrected chi connectivity index (χ2v) is 9.55. The van der Waals surface area contributed by atoms with E-state index in [0.717, 1.165) is 47.4 Å². The van der Waals surface area contributed by atoms with Gasteiger partial charge < -0.3 is 18.6 Å². The van der Waals surface area contributed by atoms with E-state index < -0.39 is 5.60 Å². The summed E-state index contributed by atoms with van der Waals surface area (Å²) in [5.74, 6) is 1.94. The van der Waals surface area contributed by atoms with Crippen molar-refractivity contribution in [3.63, 3.8) is 0 Å². The van der Waals surface area contributed by atoms with Gasteiger partial charge in [0.05, 0.1) is 12.7 Å². The van der Waals surface area contributed by atoms with E-state index in [-0.39, 0.29) is 24.6 Å². The minimum Gasteiger partial charge on any atom is -0.482 e. The fraction of sp³-hybridized carbons (Fsp3) is 0.290. The molecule has 6 rings (SSSR count). The lowest BCUT2D eigenvalue weighted by atomic mass is 9.88. The van der Waals surface area contributed by atoms with Crippen LogP contribution in [0, 0.1) is 5.92 Å². The molecule has 1 saturated carbocycles. The second-order valence-electron chi connectivity index (χ2n) is 9.55. The van der Waals surface area contributed by atoms with Crippen molar-refractivity contribution in [2.45, 2.75) is 37.9 Å². The maximum Gasteiger partial charge on any atom is 0.344 e. The van der Waals surface area contributed by atoms with Crippen LogP contribution in [0.4, 0.5) is 0 Å². The van der Waals surface area contributed by atoms with Gasteiger partial charge in [-0.15, -0.1) is 0 Å². The van der Waals surface area contributed by atoms with E-state index in [2.05, 4.69) is 18.2 Å². The molecule has 0 amide bonds. The molecule has 1 aromatic heterocycles. The van der Waals surface area contributed by atoms with E-state index in [1.165, 1.54) is 0 Å². The Balaban J connectivity index is 1.28. The summed E-state index contributed by atoms with van der Waals surface area (Å²) in [4.78, 5) is 16.7. The van der Waals surface area contributed by atoms with Crippen LogP contribution in [0.15, 0.2) is 89.3 Å². The molecule has 6 heteroatoms. The monoisotopic (exact) mass is 495 g/mol. The molecule has 2 unspecified atom stereocenters. The Labute approximate surface area is 216 Å². The number of hydrogen-bond donors (Lipinski definition) is 0. The van der Waals surface area contributed by atoms with Crippen molar-refractivity contribution in [3.8, 4) is 28.3 Å². The van der Waals surface area contributed by atoms with Crippen LogP contribution in [0.5, 0.6) is 5.75 Å². The normalized spacial score (nSPS) is 21.9. The summed E-state index contributed by atoms with van der Waals surface area (Å²) >= 11 is 0. The molecule has 1 saturated heterocycles. The third-order valence-electron chi connectivity index (χ3n) is 7.23. The summed E-state index contributed by atoms with van der Waals surface area (Å²) < 4.78 is 23.5. The Hall–Kier alpha value is -3.90. The smallest absolute Gasteiger partial charge is 0.344 e. The largest absolute Gasteiger partial charge is 0.482 e. The second kappa shape index (κ2) is 9.87. The van der Waals surface area contributed by atoms with Gasteiger partial charge in [0.2, 0.25) is 5.89 Å². The lowest BCUT2D eigenvalue weighted by Crippen LogP contribution is -2.22. The Bertz CT molecular complexity index is 1330. The summed E-state index contributed by atoms with van der Waals surface area (Å²) in [5.41, 5.74) is 3.46. The number of rotatable bonds is 9. The first kappa shape index (κ1) is 23.5. The van der Waals surface area contributed by atoms with Crippen molar-refractivity contribution < 1.29 is 23.4 Å². The van der Waals surface area contributed by atoms with Gasteiger partial charge in [-0.05, 0) is 43.9 Å². The molecule has 0 bridgehead atoms. The van der Waals surface area contributed by atoms with Gasteiger partial charge in [0.15, 0.2) is 18.0 Å². The number of aromatic nitrogens is 1. The molecule has 4 aromatic rings. The maximum atomic E-state index is 11.7. The van der Waals surface area contributed by atoms with E-state index in [9.17, 15) is 4.79 Å². The third-order valence-corrected chi connectivity index (χ3v) is 7.23. The van der Waals surface area contributed by atoms with Crippen molar-refractivity contribution >= 4 is 5.97 Å². The van der Waals surface area contributed by atoms with Gasteiger partial charge in [0.1, 0.15) is 11.4 Å². The number of epoxide rings is 1. The predicted molar refractivity (Wildman–Crippen MR) is 139 cm³/mol. The first-order valence-electron chi connectivity index (χ1n) is 12.8. The van der Waals surface area contributed by atoms with E-state index in [4.69, 9.17) is 23.6 Å². The van der Waals surface area contributed by atoms with Crippen LogP contribution in [0.2, 0.25) is 0 Å². The number of ether oxygens (including phenoxy) is 3. The molecule has 0 spiro atoms.